The van der Waals surface area contributed by atoms with E-state index in [1.165, 1.54) is 24.3 Å². The van der Waals surface area contributed by atoms with E-state index in [1.807, 2.05) is 6.07 Å². The molecule has 2 atom stereocenters. The van der Waals surface area contributed by atoms with Crippen LogP contribution in [0.3, 0.4) is 0 Å². The number of methoxy groups -OCH3 is 1. The Morgan fingerprint density at radius 2 is 1.97 bits per heavy atom. The van der Waals surface area contributed by atoms with Gasteiger partial charge in [-0.2, -0.15) is 23.5 Å². The predicted molar refractivity (Wildman–Crippen MR) is 113 cm³/mol. The highest BCUT2D eigenvalue weighted by atomic mass is 19.4. The van der Waals surface area contributed by atoms with Crippen molar-refractivity contribution in [3.05, 3.63) is 65.0 Å². The molecule has 0 saturated carbocycles. The number of carbonyl (C=O) groups excluding carboxylic acids is 2. The zero-order valence-electron chi connectivity index (χ0n) is 18.3. The molecule has 3 rings (SSSR count). The molecule has 2 aromatic carbocycles. The predicted octanol–water partition coefficient (Wildman–Crippen LogP) is 3.02. The highest BCUT2D eigenvalue weighted by Gasteiger charge is 2.31. The maximum atomic E-state index is 14.0. The highest BCUT2D eigenvalue weighted by molar-refractivity contribution is 5.94. The molecule has 0 aromatic heterocycles. The van der Waals surface area contributed by atoms with Crippen LogP contribution in [0.25, 0.3) is 0 Å². The molecule has 2 unspecified atom stereocenters. The number of rotatable bonds is 8. The minimum Gasteiger partial charge on any atom is -0.497 e. The number of ether oxygens (including phenoxy) is 1. The van der Waals surface area contributed by atoms with E-state index in [1.54, 1.807) is 0 Å². The molecule has 9 nitrogen and oxygen atoms in total. The van der Waals surface area contributed by atoms with E-state index in [9.17, 15) is 32.4 Å². The summed E-state index contributed by atoms with van der Waals surface area (Å²) in [5.41, 5.74) is -0.836. The summed E-state index contributed by atoms with van der Waals surface area (Å²) in [5, 5.41) is 23.4. The Labute approximate surface area is 197 Å². The summed E-state index contributed by atoms with van der Waals surface area (Å²) in [6.07, 6.45) is -4.51. The Hall–Kier alpha value is -4.21. The number of hydrogen-bond acceptors (Lipinski definition) is 7. The maximum absolute atomic E-state index is 14.0. The Bertz CT molecular complexity index is 1150. The molecule has 0 aliphatic carbocycles. The third-order valence-corrected chi connectivity index (χ3v) is 5.07. The average Bonchev–Trinajstić information content (AvgIpc) is 3.30. The van der Waals surface area contributed by atoms with Crippen LogP contribution in [-0.4, -0.2) is 49.6 Å². The van der Waals surface area contributed by atoms with Crippen molar-refractivity contribution in [2.24, 2.45) is 10.3 Å². The van der Waals surface area contributed by atoms with Gasteiger partial charge in [0, 0.05) is 12.6 Å². The van der Waals surface area contributed by atoms with Gasteiger partial charge in [-0.05, 0) is 29.8 Å². The van der Waals surface area contributed by atoms with Gasteiger partial charge in [-0.1, -0.05) is 17.4 Å². The first-order valence-corrected chi connectivity index (χ1v) is 10.3. The summed E-state index contributed by atoms with van der Waals surface area (Å²) in [6.45, 7) is 0.325. The summed E-state index contributed by atoms with van der Waals surface area (Å²) in [5.74, 6) is -1.73. The van der Waals surface area contributed by atoms with Crippen molar-refractivity contribution >= 4 is 11.8 Å². The monoisotopic (exact) mass is 492 g/mol. The summed E-state index contributed by atoms with van der Waals surface area (Å²) in [4.78, 5) is 24.6. The molecule has 2 amide bonds. The van der Waals surface area contributed by atoms with E-state index >= 15 is 0 Å². The van der Waals surface area contributed by atoms with Crippen molar-refractivity contribution in [2.75, 3.05) is 26.7 Å². The van der Waals surface area contributed by atoms with Crippen molar-refractivity contribution in [1.82, 2.24) is 15.6 Å². The van der Waals surface area contributed by atoms with Gasteiger partial charge in [-0.3, -0.25) is 14.6 Å². The number of nitriles is 1. The minimum atomic E-state index is -4.51. The second kappa shape index (κ2) is 10.8. The Balaban J connectivity index is 1.47. The number of amides is 2. The maximum Gasteiger partial charge on any atom is 0.416 e. The van der Waals surface area contributed by atoms with E-state index in [-0.39, 0.29) is 36.5 Å². The van der Waals surface area contributed by atoms with Crippen molar-refractivity contribution in [3.63, 3.8) is 0 Å². The lowest BCUT2D eigenvalue weighted by molar-refractivity contribution is -0.137. The van der Waals surface area contributed by atoms with Crippen LogP contribution in [0.1, 0.15) is 27.5 Å². The number of carbonyl (C=O) groups is 2. The van der Waals surface area contributed by atoms with E-state index in [0.29, 0.717) is 0 Å². The third-order valence-electron chi connectivity index (χ3n) is 5.07. The molecule has 184 valence electrons. The zero-order valence-corrected chi connectivity index (χ0v) is 18.3. The first kappa shape index (κ1) is 25.4. The quantitative estimate of drug-likeness (QED) is 0.549. The van der Waals surface area contributed by atoms with Crippen LogP contribution in [0.2, 0.25) is 0 Å². The molecular formula is C22H20F4N6O3. The topological polar surface area (TPSA) is 119 Å². The van der Waals surface area contributed by atoms with Crippen molar-refractivity contribution in [2.45, 2.75) is 18.3 Å². The molecule has 0 spiro atoms. The Kier molecular flexibility index (Phi) is 7.85. The van der Waals surface area contributed by atoms with Gasteiger partial charge < -0.3 is 15.4 Å². The van der Waals surface area contributed by atoms with Gasteiger partial charge in [-0.25, -0.2) is 4.39 Å². The molecule has 13 heteroatoms. The normalized spacial score (nSPS) is 15.9. The van der Waals surface area contributed by atoms with Gasteiger partial charge in [0.25, 0.3) is 5.91 Å². The van der Waals surface area contributed by atoms with Crippen molar-refractivity contribution in [1.29, 1.82) is 5.26 Å². The fourth-order valence-electron chi connectivity index (χ4n) is 3.17. The first-order valence-electron chi connectivity index (χ1n) is 10.3. The van der Waals surface area contributed by atoms with E-state index in [0.717, 1.165) is 30.3 Å². The molecular weight excluding hydrogens is 472 g/mol. The number of alkyl halides is 3. The van der Waals surface area contributed by atoms with Gasteiger partial charge in [0.15, 0.2) is 6.04 Å². The lowest BCUT2D eigenvalue weighted by Gasteiger charge is -2.16. The Morgan fingerprint density at radius 1 is 1.26 bits per heavy atom. The van der Waals surface area contributed by atoms with Crippen LogP contribution in [0, 0.1) is 17.1 Å². The molecule has 1 heterocycles. The molecule has 0 radical (unpaired) electrons. The average molecular weight is 492 g/mol. The Morgan fingerprint density at radius 3 is 2.57 bits per heavy atom. The number of nitrogens with zero attached hydrogens (tertiary/aromatic N) is 4. The SMILES string of the molecule is COc1ccc(C(=O)NCCN2CC(C(=O)NC(C#N)c3ccc(C(F)(F)F)cc3)N=N2)c(F)c1. The largest absolute Gasteiger partial charge is 0.497 e. The molecule has 0 fully saturated rings. The second-order valence-electron chi connectivity index (χ2n) is 7.43. The molecule has 0 bridgehead atoms. The first-order chi connectivity index (χ1) is 16.6. The van der Waals surface area contributed by atoms with Crippen LogP contribution < -0.4 is 15.4 Å². The van der Waals surface area contributed by atoms with E-state index in [4.69, 9.17) is 4.74 Å². The number of hydrogen-bond donors (Lipinski definition) is 2. The number of nitrogens with one attached hydrogen (secondary N) is 2. The van der Waals surface area contributed by atoms with Gasteiger partial charge in [0.1, 0.15) is 17.6 Å². The third kappa shape index (κ3) is 6.44. The lowest BCUT2D eigenvalue weighted by atomic mass is 10.0. The van der Waals surface area contributed by atoms with Gasteiger partial charge >= 0.3 is 6.18 Å². The highest BCUT2D eigenvalue weighted by Crippen LogP contribution is 2.30. The molecule has 2 aromatic rings. The van der Waals surface area contributed by atoms with Crippen molar-refractivity contribution < 1.29 is 31.9 Å². The fraction of sp³-hybridized carbons (Fsp3) is 0.318. The molecule has 1 aliphatic rings. The molecule has 2 N–H and O–H groups in total. The minimum absolute atomic E-state index is 0.0593. The fourth-order valence-corrected chi connectivity index (χ4v) is 3.17. The van der Waals surface area contributed by atoms with Gasteiger partial charge in [0.05, 0.1) is 37.4 Å². The van der Waals surface area contributed by atoms with E-state index < -0.39 is 41.5 Å². The molecule has 1 aliphatic heterocycles. The van der Waals surface area contributed by atoms with Crippen LogP contribution in [0.4, 0.5) is 17.6 Å². The molecule has 35 heavy (non-hydrogen) atoms. The summed E-state index contributed by atoms with van der Waals surface area (Å²) in [7, 11) is 1.38. The smallest absolute Gasteiger partial charge is 0.416 e. The van der Waals surface area contributed by atoms with Crippen LogP contribution in [0.15, 0.2) is 52.8 Å². The van der Waals surface area contributed by atoms with Crippen LogP contribution in [0.5, 0.6) is 5.75 Å². The zero-order chi connectivity index (χ0) is 25.6. The summed E-state index contributed by atoms with van der Waals surface area (Å²) >= 11 is 0. The van der Waals surface area contributed by atoms with Crippen molar-refractivity contribution in [3.8, 4) is 11.8 Å². The standard InChI is InChI=1S/C22H20F4N6O3/c1-35-15-6-7-16(17(23)10-15)20(33)28-8-9-32-12-19(30-31-32)21(34)29-18(11-27)13-2-4-14(5-3-13)22(24,25)26/h2-7,10,18-19H,8-9,12H2,1H3,(H,28,33)(H,29,34). The van der Waals surface area contributed by atoms with Crippen LogP contribution >= 0.6 is 0 Å². The van der Waals surface area contributed by atoms with E-state index in [2.05, 4.69) is 21.0 Å². The summed E-state index contributed by atoms with van der Waals surface area (Å²) < 4.78 is 57.0. The number of halogens is 4. The second-order valence-corrected chi connectivity index (χ2v) is 7.43. The number of benzene rings is 2. The molecule has 0 saturated heterocycles. The van der Waals surface area contributed by atoms with Gasteiger partial charge in [-0.15, -0.1) is 0 Å². The lowest BCUT2D eigenvalue weighted by Crippen LogP contribution is -2.40. The van der Waals surface area contributed by atoms with Crippen LogP contribution in [-0.2, 0) is 11.0 Å². The van der Waals surface area contributed by atoms with Gasteiger partial charge in [0.2, 0.25) is 5.91 Å². The summed E-state index contributed by atoms with van der Waals surface area (Å²) in [6, 6.07) is 7.44.